The lowest BCUT2D eigenvalue weighted by Gasteiger charge is -2.17. The molecule has 0 unspecified atom stereocenters. The van der Waals surface area contributed by atoms with E-state index in [0.29, 0.717) is 28.9 Å². The number of amidine groups is 1. The van der Waals surface area contributed by atoms with Gasteiger partial charge in [0.15, 0.2) is 0 Å². The molecule has 1 saturated heterocycles. The fourth-order valence-electron chi connectivity index (χ4n) is 4.20. The van der Waals surface area contributed by atoms with Gasteiger partial charge >= 0.3 is 6.09 Å². The lowest BCUT2D eigenvalue weighted by atomic mass is 10.0. The molecule has 1 aliphatic heterocycles. The van der Waals surface area contributed by atoms with E-state index in [1.54, 1.807) is 18.2 Å². The van der Waals surface area contributed by atoms with E-state index in [4.69, 9.17) is 10.1 Å². The predicted molar refractivity (Wildman–Crippen MR) is 141 cm³/mol. The average molecular weight is 509 g/mol. The Morgan fingerprint density at radius 1 is 1.03 bits per heavy atom. The molecule has 9 nitrogen and oxygen atoms in total. The van der Waals surface area contributed by atoms with Crippen LogP contribution in [0.3, 0.4) is 0 Å². The molecular formula is C28H36N4O5. The van der Waals surface area contributed by atoms with Crippen LogP contribution in [0.4, 0.5) is 4.79 Å². The molecule has 0 radical (unpaired) electrons. The topological polar surface area (TPSA) is 132 Å². The summed E-state index contributed by atoms with van der Waals surface area (Å²) in [6.07, 6.45) is 5.24. The summed E-state index contributed by atoms with van der Waals surface area (Å²) < 4.78 is 5.10. The molecule has 1 fully saturated rings. The number of aromatic hydroxyl groups is 1. The Morgan fingerprint density at radius 3 is 2.46 bits per heavy atom. The third-order valence-corrected chi connectivity index (χ3v) is 6.38. The van der Waals surface area contributed by atoms with E-state index in [9.17, 15) is 19.5 Å². The van der Waals surface area contributed by atoms with Gasteiger partial charge < -0.3 is 20.1 Å². The molecule has 198 valence electrons. The van der Waals surface area contributed by atoms with Gasteiger partial charge in [-0.05, 0) is 68.1 Å². The number of aryl methyl sites for hydroxylation is 1. The summed E-state index contributed by atoms with van der Waals surface area (Å²) in [5.74, 6) is -0.578. The zero-order valence-electron chi connectivity index (χ0n) is 21.6. The SMILES string of the molecule is CCCCCCOC(=O)NC(=N)c1ccc(O)c(CNC(=O)c2ccc(C(=O)N3CCCC3)c(C)c2)c1. The van der Waals surface area contributed by atoms with Crippen molar-refractivity contribution < 1.29 is 24.2 Å². The number of carbonyl (C=O) groups is 3. The highest BCUT2D eigenvalue weighted by atomic mass is 16.5. The zero-order valence-corrected chi connectivity index (χ0v) is 21.6. The smallest absolute Gasteiger partial charge is 0.412 e. The van der Waals surface area contributed by atoms with E-state index in [2.05, 4.69) is 17.6 Å². The van der Waals surface area contributed by atoms with Crippen molar-refractivity contribution in [3.05, 3.63) is 64.2 Å². The van der Waals surface area contributed by atoms with Gasteiger partial charge in [-0.2, -0.15) is 0 Å². The first-order valence-electron chi connectivity index (χ1n) is 12.8. The summed E-state index contributed by atoms with van der Waals surface area (Å²) in [5, 5.41) is 23.5. The van der Waals surface area contributed by atoms with Crippen molar-refractivity contribution in [1.82, 2.24) is 15.5 Å². The Morgan fingerprint density at radius 2 is 1.76 bits per heavy atom. The number of amides is 3. The van der Waals surface area contributed by atoms with Crippen molar-refractivity contribution in [2.24, 2.45) is 0 Å². The maximum Gasteiger partial charge on any atom is 0.412 e. The monoisotopic (exact) mass is 508 g/mol. The molecular weight excluding hydrogens is 472 g/mol. The molecule has 1 aliphatic rings. The van der Waals surface area contributed by atoms with Crippen LogP contribution in [0, 0.1) is 12.3 Å². The highest BCUT2D eigenvalue weighted by molar-refractivity contribution is 6.04. The number of phenolic OH excluding ortho intramolecular Hbond substituents is 1. The third kappa shape index (κ3) is 7.80. The minimum Gasteiger partial charge on any atom is -0.508 e. The predicted octanol–water partition coefficient (Wildman–Crippen LogP) is 4.50. The number of nitrogens with one attached hydrogen (secondary N) is 3. The van der Waals surface area contributed by atoms with Gasteiger partial charge in [-0.25, -0.2) is 4.79 Å². The molecule has 0 aromatic heterocycles. The Kier molecular flexibility index (Phi) is 10.1. The minimum atomic E-state index is -0.702. The number of hydrogen-bond donors (Lipinski definition) is 4. The quantitative estimate of drug-likeness (QED) is 0.213. The molecule has 3 rings (SSSR count). The van der Waals surface area contributed by atoms with Gasteiger partial charge in [0.1, 0.15) is 11.6 Å². The summed E-state index contributed by atoms with van der Waals surface area (Å²) in [4.78, 5) is 39.2. The average Bonchev–Trinajstić information content (AvgIpc) is 3.42. The number of carbonyl (C=O) groups excluding carboxylic acids is 3. The number of rotatable bonds is 10. The van der Waals surface area contributed by atoms with Crippen molar-refractivity contribution in [2.75, 3.05) is 19.7 Å². The second-order valence-electron chi connectivity index (χ2n) is 9.25. The molecule has 0 aliphatic carbocycles. The summed E-state index contributed by atoms with van der Waals surface area (Å²) in [5.41, 5.74) is 2.48. The number of phenols is 1. The normalized spacial score (nSPS) is 12.8. The van der Waals surface area contributed by atoms with E-state index in [0.717, 1.165) is 57.2 Å². The van der Waals surface area contributed by atoms with Crippen LogP contribution in [0.15, 0.2) is 36.4 Å². The van der Waals surface area contributed by atoms with E-state index in [1.807, 2.05) is 11.8 Å². The van der Waals surface area contributed by atoms with Crippen LogP contribution in [-0.2, 0) is 11.3 Å². The Balaban J connectivity index is 1.56. The lowest BCUT2D eigenvalue weighted by Crippen LogP contribution is -2.31. The standard InChI is InChI=1S/C28H36N4O5/c1-3-4-5-8-15-37-28(36)31-25(29)20-10-12-24(33)22(17-20)18-30-26(34)21-9-11-23(19(2)16-21)27(35)32-13-6-7-14-32/h9-12,16-17,33H,3-8,13-15,18H2,1-2H3,(H,30,34)(H2,29,31,36). The second-order valence-corrected chi connectivity index (χ2v) is 9.25. The summed E-state index contributed by atoms with van der Waals surface area (Å²) >= 11 is 0. The van der Waals surface area contributed by atoms with Crippen LogP contribution in [0.5, 0.6) is 5.75 Å². The highest BCUT2D eigenvalue weighted by Gasteiger charge is 2.21. The van der Waals surface area contributed by atoms with Crippen LogP contribution in [0.25, 0.3) is 0 Å². The van der Waals surface area contributed by atoms with Crippen molar-refractivity contribution in [3.63, 3.8) is 0 Å². The molecule has 0 saturated carbocycles. The molecule has 0 bridgehead atoms. The van der Waals surface area contributed by atoms with Gasteiger partial charge in [-0.1, -0.05) is 26.2 Å². The summed E-state index contributed by atoms with van der Waals surface area (Å²) in [6, 6.07) is 9.43. The van der Waals surface area contributed by atoms with Crippen LogP contribution in [-0.4, -0.2) is 53.4 Å². The van der Waals surface area contributed by atoms with Crippen LogP contribution in [0.1, 0.15) is 82.9 Å². The lowest BCUT2D eigenvalue weighted by molar-refractivity contribution is 0.0791. The van der Waals surface area contributed by atoms with Crippen molar-refractivity contribution >= 4 is 23.7 Å². The largest absolute Gasteiger partial charge is 0.508 e. The zero-order chi connectivity index (χ0) is 26.8. The number of nitrogens with zero attached hydrogens (tertiary/aromatic N) is 1. The third-order valence-electron chi connectivity index (χ3n) is 6.38. The van der Waals surface area contributed by atoms with Crippen LogP contribution >= 0.6 is 0 Å². The fourth-order valence-corrected chi connectivity index (χ4v) is 4.20. The van der Waals surface area contributed by atoms with E-state index >= 15 is 0 Å². The summed E-state index contributed by atoms with van der Waals surface area (Å²) in [6.45, 7) is 5.74. The number of alkyl carbamates (subject to hydrolysis) is 1. The van der Waals surface area contributed by atoms with Crippen LogP contribution in [0.2, 0.25) is 0 Å². The maximum absolute atomic E-state index is 12.7. The summed E-state index contributed by atoms with van der Waals surface area (Å²) in [7, 11) is 0. The first-order chi connectivity index (χ1) is 17.8. The first-order valence-corrected chi connectivity index (χ1v) is 12.8. The molecule has 3 amide bonds. The van der Waals surface area contributed by atoms with Crippen LogP contribution < -0.4 is 10.6 Å². The maximum atomic E-state index is 12.7. The number of ether oxygens (including phenoxy) is 1. The Hall–Kier alpha value is -3.88. The Labute approximate surface area is 217 Å². The van der Waals surface area contributed by atoms with Gasteiger partial charge in [0.25, 0.3) is 11.8 Å². The van der Waals surface area contributed by atoms with Gasteiger partial charge in [0.2, 0.25) is 0 Å². The van der Waals surface area contributed by atoms with E-state index in [-0.39, 0.29) is 29.9 Å². The van der Waals surface area contributed by atoms with E-state index in [1.165, 1.54) is 18.2 Å². The molecule has 4 N–H and O–H groups in total. The van der Waals surface area contributed by atoms with Gasteiger partial charge in [-0.15, -0.1) is 0 Å². The van der Waals surface area contributed by atoms with Crippen molar-refractivity contribution in [2.45, 2.75) is 58.9 Å². The number of benzene rings is 2. The highest BCUT2D eigenvalue weighted by Crippen LogP contribution is 2.20. The number of hydrogen-bond acceptors (Lipinski definition) is 6. The van der Waals surface area contributed by atoms with E-state index < -0.39 is 6.09 Å². The first kappa shape index (κ1) is 27.7. The second kappa shape index (κ2) is 13.4. The molecule has 37 heavy (non-hydrogen) atoms. The molecule has 2 aromatic carbocycles. The number of unbranched alkanes of at least 4 members (excludes halogenated alkanes) is 3. The Bertz CT molecular complexity index is 1140. The molecule has 2 aromatic rings. The van der Waals surface area contributed by atoms with Gasteiger partial charge in [0.05, 0.1) is 6.61 Å². The molecule has 0 atom stereocenters. The minimum absolute atomic E-state index is 0.0138. The van der Waals surface area contributed by atoms with Crippen molar-refractivity contribution in [1.29, 1.82) is 5.41 Å². The fraction of sp³-hybridized carbons (Fsp3) is 0.429. The molecule has 1 heterocycles. The molecule has 0 spiro atoms. The van der Waals surface area contributed by atoms with Crippen molar-refractivity contribution in [3.8, 4) is 5.75 Å². The van der Waals surface area contributed by atoms with Gasteiger partial charge in [-0.3, -0.25) is 20.3 Å². The van der Waals surface area contributed by atoms with Gasteiger partial charge in [0, 0.05) is 41.9 Å². The number of likely N-dealkylation sites (tertiary alicyclic amines) is 1. The molecule has 9 heteroatoms.